The molecule has 1 atom stereocenters. The Morgan fingerprint density at radius 2 is 1.70 bits per heavy atom. The maximum Gasteiger partial charge on any atom is 0.416 e. The van der Waals surface area contributed by atoms with E-state index in [2.05, 4.69) is 0 Å². The van der Waals surface area contributed by atoms with Crippen molar-refractivity contribution in [2.24, 2.45) is 5.73 Å². The minimum Gasteiger partial charge on any atom is -0.329 e. The highest BCUT2D eigenvalue weighted by Gasteiger charge is 2.33. The van der Waals surface area contributed by atoms with Crippen molar-refractivity contribution in [3.05, 3.63) is 64.7 Å². The van der Waals surface area contributed by atoms with E-state index in [9.17, 15) is 21.6 Å². The fourth-order valence-electron chi connectivity index (χ4n) is 2.15. The molecule has 0 bridgehead atoms. The predicted molar refractivity (Wildman–Crippen MR) is 81.9 cm³/mol. The van der Waals surface area contributed by atoms with Crippen LogP contribution in [0, 0.1) is 0 Å². The normalized spacial score (nSPS) is 13.8. The number of rotatable bonds is 4. The number of sulfone groups is 1. The Morgan fingerprint density at radius 3 is 2.22 bits per heavy atom. The third kappa shape index (κ3) is 3.85. The average Bonchev–Trinajstić information content (AvgIpc) is 2.47. The molecule has 0 aliphatic rings. The maximum absolute atomic E-state index is 12.8. The molecule has 0 aliphatic carbocycles. The van der Waals surface area contributed by atoms with Crippen molar-refractivity contribution in [2.45, 2.75) is 16.3 Å². The van der Waals surface area contributed by atoms with Gasteiger partial charge in [0, 0.05) is 11.6 Å². The molecule has 0 unspecified atom stereocenters. The van der Waals surface area contributed by atoms with Gasteiger partial charge in [0.15, 0.2) is 9.84 Å². The minimum atomic E-state index is -4.56. The molecule has 2 N–H and O–H groups in total. The molecule has 0 aromatic heterocycles. The van der Waals surface area contributed by atoms with Crippen molar-refractivity contribution in [1.29, 1.82) is 0 Å². The maximum atomic E-state index is 12.8. The number of benzene rings is 2. The molecular formula is C15H13ClF3NO2S. The van der Waals surface area contributed by atoms with Gasteiger partial charge in [0.05, 0.1) is 10.5 Å². The molecule has 0 spiro atoms. The topological polar surface area (TPSA) is 60.2 Å². The zero-order valence-electron chi connectivity index (χ0n) is 11.7. The Hall–Kier alpha value is -1.57. The van der Waals surface area contributed by atoms with Gasteiger partial charge in [-0.15, -0.1) is 0 Å². The summed E-state index contributed by atoms with van der Waals surface area (Å²) in [4.78, 5) is -0.0465. The van der Waals surface area contributed by atoms with Crippen LogP contribution in [0.1, 0.15) is 16.4 Å². The molecule has 3 nitrogen and oxygen atoms in total. The lowest BCUT2D eigenvalue weighted by Gasteiger charge is -2.18. The fourth-order valence-corrected chi connectivity index (χ4v) is 3.87. The molecule has 0 aliphatic heterocycles. The highest BCUT2D eigenvalue weighted by molar-refractivity contribution is 7.91. The molecule has 23 heavy (non-hydrogen) atoms. The molecule has 0 amide bonds. The second kappa shape index (κ2) is 6.51. The van der Waals surface area contributed by atoms with Gasteiger partial charge in [0.2, 0.25) is 0 Å². The van der Waals surface area contributed by atoms with Crippen LogP contribution in [0.3, 0.4) is 0 Å². The first-order valence-corrected chi connectivity index (χ1v) is 8.45. The highest BCUT2D eigenvalue weighted by Crippen LogP contribution is 2.34. The first-order chi connectivity index (χ1) is 10.7. The molecule has 2 aromatic carbocycles. The van der Waals surface area contributed by atoms with Crippen molar-refractivity contribution in [3.8, 4) is 0 Å². The summed E-state index contributed by atoms with van der Waals surface area (Å²) in [6.07, 6.45) is -4.56. The second-order valence-corrected chi connectivity index (χ2v) is 7.41. The van der Waals surface area contributed by atoms with E-state index in [4.69, 9.17) is 17.3 Å². The van der Waals surface area contributed by atoms with Crippen LogP contribution in [0.2, 0.25) is 5.02 Å². The van der Waals surface area contributed by atoms with Crippen LogP contribution in [0.4, 0.5) is 13.2 Å². The van der Waals surface area contributed by atoms with E-state index in [0.29, 0.717) is 5.02 Å². The molecule has 2 rings (SSSR count). The lowest BCUT2D eigenvalue weighted by molar-refractivity contribution is -0.137. The smallest absolute Gasteiger partial charge is 0.329 e. The van der Waals surface area contributed by atoms with Crippen LogP contribution in [0.5, 0.6) is 0 Å². The molecule has 2 aromatic rings. The Labute approximate surface area is 136 Å². The van der Waals surface area contributed by atoms with Gasteiger partial charge < -0.3 is 5.73 Å². The van der Waals surface area contributed by atoms with Crippen molar-refractivity contribution in [2.75, 3.05) is 6.54 Å². The number of hydrogen-bond acceptors (Lipinski definition) is 3. The number of halogens is 4. The van der Waals surface area contributed by atoms with Crippen LogP contribution in [0.15, 0.2) is 53.4 Å². The van der Waals surface area contributed by atoms with Gasteiger partial charge in [-0.1, -0.05) is 29.8 Å². The van der Waals surface area contributed by atoms with Gasteiger partial charge in [-0.3, -0.25) is 0 Å². The first kappa shape index (κ1) is 17.8. The zero-order valence-corrected chi connectivity index (χ0v) is 13.3. The quantitative estimate of drug-likeness (QED) is 0.898. The standard InChI is InChI=1S/C15H13ClF3NO2S/c16-12-4-6-13(7-5-12)23(21,22)14(9-20)10-2-1-3-11(8-10)15(17,18)19/h1-8,14H,9,20H2/t14-/m0/s1. The highest BCUT2D eigenvalue weighted by atomic mass is 35.5. The first-order valence-electron chi connectivity index (χ1n) is 6.53. The van der Waals surface area contributed by atoms with Crippen LogP contribution >= 0.6 is 11.6 Å². The molecule has 124 valence electrons. The molecule has 0 fully saturated rings. The van der Waals surface area contributed by atoms with Gasteiger partial charge >= 0.3 is 6.18 Å². The lowest BCUT2D eigenvalue weighted by Crippen LogP contribution is -2.22. The van der Waals surface area contributed by atoms with Gasteiger partial charge in [-0.2, -0.15) is 13.2 Å². The van der Waals surface area contributed by atoms with E-state index in [-0.39, 0.29) is 17.0 Å². The monoisotopic (exact) mass is 363 g/mol. The van der Waals surface area contributed by atoms with Crippen molar-refractivity contribution in [3.63, 3.8) is 0 Å². The SMILES string of the molecule is NC[C@@H](c1cccc(C(F)(F)F)c1)S(=O)(=O)c1ccc(Cl)cc1. The summed E-state index contributed by atoms with van der Waals surface area (Å²) >= 11 is 5.72. The van der Waals surface area contributed by atoms with Crippen LogP contribution in [-0.4, -0.2) is 15.0 Å². The molecule has 0 saturated heterocycles. The molecular weight excluding hydrogens is 351 g/mol. The molecule has 8 heteroatoms. The number of nitrogens with two attached hydrogens (primary N) is 1. The summed E-state index contributed by atoms with van der Waals surface area (Å²) < 4.78 is 63.7. The number of hydrogen-bond donors (Lipinski definition) is 1. The summed E-state index contributed by atoms with van der Waals surface area (Å²) in [6, 6.07) is 9.57. The van der Waals surface area contributed by atoms with E-state index in [1.165, 1.54) is 30.3 Å². The Morgan fingerprint density at radius 1 is 1.09 bits per heavy atom. The van der Waals surface area contributed by atoms with Gasteiger partial charge in [-0.25, -0.2) is 8.42 Å². The summed E-state index contributed by atoms with van der Waals surface area (Å²) in [7, 11) is -3.93. The predicted octanol–water partition coefficient (Wildman–Crippen LogP) is 3.83. The van der Waals surface area contributed by atoms with E-state index < -0.39 is 26.8 Å². The Bertz CT molecular complexity index is 789. The van der Waals surface area contributed by atoms with E-state index in [1.54, 1.807) is 0 Å². The molecule has 0 radical (unpaired) electrons. The minimum absolute atomic E-state index is 0.00252. The summed E-state index contributed by atoms with van der Waals surface area (Å²) in [5.74, 6) is 0. The second-order valence-electron chi connectivity index (χ2n) is 4.85. The number of alkyl halides is 3. The van der Waals surface area contributed by atoms with E-state index >= 15 is 0 Å². The summed E-state index contributed by atoms with van der Waals surface area (Å²) in [5, 5.41) is -0.918. The van der Waals surface area contributed by atoms with Crippen molar-refractivity contribution in [1.82, 2.24) is 0 Å². The molecule has 0 saturated carbocycles. The van der Waals surface area contributed by atoms with E-state index in [0.717, 1.165) is 18.2 Å². The van der Waals surface area contributed by atoms with Crippen molar-refractivity contribution < 1.29 is 21.6 Å². The summed E-state index contributed by atoms with van der Waals surface area (Å²) in [5.41, 5.74) is 4.61. The molecule has 0 heterocycles. The van der Waals surface area contributed by atoms with E-state index in [1.807, 2.05) is 0 Å². The third-order valence-electron chi connectivity index (χ3n) is 3.32. The third-order valence-corrected chi connectivity index (χ3v) is 5.71. The lowest BCUT2D eigenvalue weighted by atomic mass is 10.1. The van der Waals surface area contributed by atoms with Crippen molar-refractivity contribution >= 4 is 21.4 Å². The van der Waals surface area contributed by atoms with Gasteiger partial charge in [0.1, 0.15) is 5.25 Å². The Kier molecular flexibility index (Phi) is 5.03. The largest absolute Gasteiger partial charge is 0.416 e. The van der Waals surface area contributed by atoms with Crippen LogP contribution < -0.4 is 5.73 Å². The summed E-state index contributed by atoms with van der Waals surface area (Å²) in [6.45, 7) is -0.341. The fraction of sp³-hybridized carbons (Fsp3) is 0.200. The Balaban J connectivity index is 2.49. The van der Waals surface area contributed by atoms with Gasteiger partial charge in [-0.05, 0) is 35.9 Å². The van der Waals surface area contributed by atoms with Crippen LogP contribution in [-0.2, 0) is 16.0 Å². The van der Waals surface area contributed by atoms with Gasteiger partial charge in [0.25, 0.3) is 0 Å². The zero-order chi connectivity index (χ0) is 17.3. The van der Waals surface area contributed by atoms with Crippen LogP contribution in [0.25, 0.3) is 0 Å². The average molecular weight is 364 g/mol.